The van der Waals surface area contributed by atoms with Gasteiger partial charge >= 0.3 is 0 Å². The van der Waals surface area contributed by atoms with Gasteiger partial charge in [-0.15, -0.1) is 11.1 Å². The molecule has 0 heterocycles. The van der Waals surface area contributed by atoms with E-state index in [4.69, 9.17) is 0 Å². The Bertz CT molecular complexity index is 939. The fourth-order valence-electron chi connectivity index (χ4n) is 1.44. The third-order valence-corrected chi connectivity index (χ3v) is 4.28. The van der Waals surface area contributed by atoms with Crippen LogP contribution in [-0.2, 0) is 0 Å². The van der Waals surface area contributed by atoms with Crippen molar-refractivity contribution in [3.8, 4) is 70.3 Å². The summed E-state index contributed by atoms with van der Waals surface area (Å²) in [7, 11) is -2.73. The standard InChI is InChI=1S/C24H22Si2/c1-25(2,3)20-13-9-7-11-16-23-18-15-19-24(22-23)17-12-8-10-14-21-26(4,5)6/h15,18-19,22H,1-6H3. The molecule has 0 radical (unpaired) electrons. The van der Waals surface area contributed by atoms with Gasteiger partial charge in [0.15, 0.2) is 0 Å². The zero-order valence-corrected chi connectivity index (χ0v) is 18.3. The summed E-state index contributed by atoms with van der Waals surface area (Å²) in [4.78, 5) is 0. The molecule has 26 heavy (non-hydrogen) atoms. The lowest BCUT2D eigenvalue weighted by Gasteiger charge is -2.01. The lowest BCUT2D eigenvalue weighted by atomic mass is 10.1. The Labute approximate surface area is 161 Å². The van der Waals surface area contributed by atoms with Crippen LogP contribution in [0, 0.1) is 70.3 Å². The van der Waals surface area contributed by atoms with Gasteiger partial charge in [0.25, 0.3) is 0 Å². The second kappa shape index (κ2) is 10.1. The highest BCUT2D eigenvalue weighted by molar-refractivity contribution is 6.84. The van der Waals surface area contributed by atoms with Crippen LogP contribution in [0.3, 0.4) is 0 Å². The smallest absolute Gasteiger partial charge is 0.118 e. The van der Waals surface area contributed by atoms with Crippen molar-refractivity contribution in [1.82, 2.24) is 0 Å². The van der Waals surface area contributed by atoms with Gasteiger partial charge in [0.2, 0.25) is 0 Å². The van der Waals surface area contributed by atoms with Gasteiger partial charge in [0.05, 0.1) is 0 Å². The lowest BCUT2D eigenvalue weighted by Crippen LogP contribution is -2.16. The van der Waals surface area contributed by atoms with Crippen LogP contribution in [0.15, 0.2) is 24.3 Å². The summed E-state index contributed by atoms with van der Waals surface area (Å²) >= 11 is 0. The predicted octanol–water partition coefficient (Wildman–Crippen LogP) is 4.16. The second-order valence-corrected chi connectivity index (χ2v) is 17.1. The summed E-state index contributed by atoms with van der Waals surface area (Å²) in [5.41, 5.74) is 8.11. The maximum atomic E-state index is 3.18. The van der Waals surface area contributed by atoms with Crippen molar-refractivity contribution in [2.24, 2.45) is 0 Å². The van der Waals surface area contributed by atoms with Gasteiger partial charge in [-0.1, -0.05) is 57.2 Å². The molecule has 0 aromatic heterocycles. The topological polar surface area (TPSA) is 0 Å². The predicted molar refractivity (Wildman–Crippen MR) is 118 cm³/mol. The molecule has 0 saturated heterocycles. The van der Waals surface area contributed by atoms with E-state index in [1.54, 1.807) is 0 Å². The third-order valence-electron chi connectivity index (χ3n) is 2.53. The molecule has 0 nitrogen and oxygen atoms in total. The number of rotatable bonds is 0. The third kappa shape index (κ3) is 11.5. The molecule has 2 heteroatoms. The van der Waals surface area contributed by atoms with Crippen LogP contribution < -0.4 is 0 Å². The van der Waals surface area contributed by atoms with E-state index in [1.165, 1.54) is 0 Å². The molecular weight excluding hydrogens is 344 g/mol. The van der Waals surface area contributed by atoms with Gasteiger partial charge in [-0.2, -0.15) is 0 Å². The summed E-state index contributed by atoms with van der Waals surface area (Å²) < 4.78 is 0. The zero-order valence-electron chi connectivity index (χ0n) is 16.3. The highest BCUT2D eigenvalue weighted by atomic mass is 28.3. The molecule has 1 aromatic rings. The van der Waals surface area contributed by atoms with E-state index < -0.39 is 16.1 Å². The van der Waals surface area contributed by atoms with Gasteiger partial charge in [-0.25, -0.2) is 0 Å². The average Bonchev–Trinajstić information content (AvgIpc) is 2.52. The molecule has 0 aliphatic rings. The highest BCUT2D eigenvalue weighted by Crippen LogP contribution is 2.02. The van der Waals surface area contributed by atoms with E-state index >= 15 is 0 Å². The van der Waals surface area contributed by atoms with E-state index in [9.17, 15) is 0 Å². The van der Waals surface area contributed by atoms with E-state index in [0.29, 0.717) is 0 Å². The Morgan fingerprint density at radius 1 is 0.538 bits per heavy atom. The molecule has 0 N–H and O–H groups in total. The van der Waals surface area contributed by atoms with Crippen LogP contribution in [0.1, 0.15) is 11.1 Å². The SMILES string of the molecule is C[Si](C)(C)C#CC#CC#Cc1cccc(C#CC#CC#C[Si](C)(C)C)c1. The molecule has 0 saturated carbocycles. The summed E-state index contributed by atoms with van der Waals surface area (Å²) in [6.45, 7) is 13.1. The van der Waals surface area contributed by atoms with Crippen LogP contribution in [0.5, 0.6) is 0 Å². The molecule has 0 amide bonds. The van der Waals surface area contributed by atoms with Crippen molar-refractivity contribution in [1.29, 1.82) is 0 Å². The first-order chi connectivity index (χ1) is 12.2. The Kier molecular flexibility index (Phi) is 8.19. The van der Waals surface area contributed by atoms with Crippen molar-refractivity contribution in [2.45, 2.75) is 39.3 Å². The quantitative estimate of drug-likeness (QED) is 0.478. The maximum absolute atomic E-state index is 3.18. The maximum Gasteiger partial charge on any atom is 0.130 e. The Morgan fingerprint density at radius 2 is 0.923 bits per heavy atom. The van der Waals surface area contributed by atoms with Crippen LogP contribution in [0.4, 0.5) is 0 Å². The van der Waals surface area contributed by atoms with Crippen LogP contribution in [-0.4, -0.2) is 16.1 Å². The van der Waals surface area contributed by atoms with Crippen molar-refractivity contribution in [3.05, 3.63) is 35.4 Å². The monoisotopic (exact) mass is 366 g/mol. The summed E-state index contributed by atoms with van der Waals surface area (Å²) in [5.74, 6) is 28.5. The Morgan fingerprint density at radius 3 is 1.31 bits per heavy atom. The van der Waals surface area contributed by atoms with Gasteiger partial charge in [0, 0.05) is 11.1 Å². The lowest BCUT2D eigenvalue weighted by molar-refractivity contribution is 1.60. The Balaban J connectivity index is 2.79. The van der Waals surface area contributed by atoms with E-state index in [2.05, 4.69) is 110 Å². The van der Waals surface area contributed by atoms with Crippen LogP contribution in [0.25, 0.3) is 0 Å². The molecule has 0 aliphatic heterocycles. The van der Waals surface area contributed by atoms with Crippen molar-refractivity contribution >= 4 is 16.1 Å². The fraction of sp³-hybridized carbons (Fsp3) is 0.250. The summed E-state index contributed by atoms with van der Waals surface area (Å²) in [6.07, 6.45) is 0. The molecule has 1 rings (SSSR count). The summed E-state index contributed by atoms with van der Waals surface area (Å²) in [6, 6.07) is 7.70. The van der Waals surface area contributed by atoms with Gasteiger partial charge in [-0.3, -0.25) is 0 Å². The minimum Gasteiger partial charge on any atom is -0.118 e. The minimum absolute atomic E-state index is 0.871. The first kappa shape index (κ1) is 21.1. The molecule has 1 aromatic carbocycles. The molecule has 0 unspecified atom stereocenters. The largest absolute Gasteiger partial charge is 0.130 e. The van der Waals surface area contributed by atoms with Gasteiger partial charge in [0.1, 0.15) is 16.1 Å². The first-order valence-corrected chi connectivity index (χ1v) is 15.3. The molecule has 126 valence electrons. The molecule has 0 bridgehead atoms. The highest BCUT2D eigenvalue weighted by Gasteiger charge is 2.07. The zero-order chi connectivity index (χ0) is 19.5. The number of hydrogen-bond acceptors (Lipinski definition) is 0. The summed E-state index contributed by atoms with van der Waals surface area (Å²) in [5, 5.41) is 0. The number of benzene rings is 1. The fourth-order valence-corrected chi connectivity index (χ4v) is 2.32. The normalized spacial score (nSPS) is 8.85. The van der Waals surface area contributed by atoms with Crippen molar-refractivity contribution in [3.63, 3.8) is 0 Å². The van der Waals surface area contributed by atoms with Crippen molar-refractivity contribution < 1.29 is 0 Å². The van der Waals surface area contributed by atoms with Gasteiger partial charge in [-0.05, 0) is 65.6 Å². The van der Waals surface area contributed by atoms with E-state index in [1.807, 2.05) is 24.3 Å². The van der Waals surface area contributed by atoms with Crippen LogP contribution in [0.2, 0.25) is 39.3 Å². The first-order valence-electron chi connectivity index (χ1n) is 8.32. The molecule has 0 atom stereocenters. The van der Waals surface area contributed by atoms with E-state index in [-0.39, 0.29) is 0 Å². The number of hydrogen-bond donors (Lipinski definition) is 0. The van der Waals surface area contributed by atoms with E-state index in [0.717, 1.165) is 11.1 Å². The molecule has 0 aliphatic carbocycles. The van der Waals surface area contributed by atoms with Crippen LogP contribution >= 0.6 is 0 Å². The second-order valence-electron chi connectivity index (χ2n) is 7.58. The Hall–Kier alpha value is -2.99. The van der Waals surface area contributed by atoms with Gasteiger partial charge < -0.3 is 0 Å². The molecule has 0 spiro atoms. The molecule has 0 fully saturated rings. The minimum atomic E-state index is -1.36. The van der Waals surface area contributed by atoms with Crippen molar-refractivity contribution in [2.75, 3.05) is 0 Å². The average molecular weight is 367 g/mol. The molecular formula is C24H22Si2.